The summed E-state index contributed by atoms with van der Waals surface area (Å²) in [5.41, 5.74) is 0.878. The number of nitrogens with zero attached hydrogens (tertiary/aromatic N) is 2. The van der Waals surface area contributed by atoms with Crippen LogP contribution in [0.25, 0.3) is 0 Å². The minimum absolute atomic E-state index is 0.111. The molecule has 1 aliphatic rings. The summed E-state index contributed by atoms with van der Waals surface area (Å²) in [6.45, 7) is 0. The Morgan fingerprint density at radius 2 is 2.16 bits per heavy atom. The molecule has 0 spiro atoms. The maximum Gasteiger partial charge on any atom is 0.252 e. The van der Waals surface area contributed by atoms with Gasteiger partial charge in [-0.15, -0.1) is 0 Å². The number of rotatable bonds is 5. The van der Waals surface area contributed by atoms with Gasteiger partial charge in [0.25, 0.3) is 11.5 Å². The molecular formula is C18H21N3O4. The van der Waals surface area contributed by atoms with Crippen LogP contribution in [0.2, 0.25) is 0 Å². The van der Waals surface area contributed by atoms with Gasteiger partial charge in [0.15, 0.2) is 0 Å². The van der Waals surface area contributed by atoms with Crippen LogP contribution in [0.15, 0.2) is 41.6 Å². The molecule has 0 radical (unpaired) electrons. The summed E-state index contributed by atoms with van der Waals surface area (Å²) in [7, 11) is 3.19. The molecule has 3 rings (SSSR count). The molecule has 7 heteroatoms. The number of carbonyl (C=O) groups excluding carboxylic acids is 1. The molecule has 2 heterocycles. The normalized spacial score (nSPS) is 20.4. The topological polar surface area (TPSA) is 93.5 Å². The minimum atomic E-state index is -0.341. The third-order valence-corrected chi connectivity index (χ3v) is 4.60. The number of aliphatic hydroxyl groups excluding tert-OH is 1. The Labute approximate surface area is 145 Å². The highest BCUT2D eigenvalue weighted by Gasteiger charge is 2.36. The number of aryl methyl sites for hydroxylation is 1. The highest BCUT2D eigenvalue weighted by Crippen LogP contribution is 2.38. The van der Waals surface area contributed by atoms with Crippen molar-refractivity contribution in [2.24, 2.45) is 13.0 Å². The fraction of sp³-hybridized carbons (Fsp3) is 0.389. The molecule has 0 bridgehead atoms. The molecule has 132 valence electrons. The van der Waals surface area contributed by atoms with Crippen LogP contribution in [-0.4, -0.2) is 33.8 Å². The van der Waals surface area contributed by atoms with Crippen molar-refractivity contribution in [1.82, 2.24) is 14.9 Å². The Balaban J connectivity index is 1.85. The van der Waals surface area contributed by atoms with E-state index in [0.717, 1.165) is 5.56 Å². The van der Waals surface area contributed by atoms with E-state index in [2.05, 4.69) is 10.3 Å². The second-order valence-corrected chi connectivity index (χ2v) is 6.36. The molecule has 0 aromatic carbocycles. The number of aliphatic hydroxyl groups is 1. The highest BCUT2D eigenvalue weighted by atomic mass is 16.5. The Hall–Kier alpha value is -2.67. The van der Waals surface area contributed by atoms with Crippen molar-refractivity contribution >= 4 is 5.91 Å². The smallest absolute Gasteiger partial charge is 0.252 e. The zero-order valence-corrected chi connectivity index (χ0v) is 14.2. The van der Waals surface area contributed by atoms with Gasteiger partial charge in [-0.05, 0) is 36.5 Å². The summed E-state index contributed by atoms with van der Waals surface area (Å²) in [5.74, 6) is 0.386. The Morgan fingerprint density at radius 1 is 1.40 bits per heavy atom. The third kappa shape index (κ3) is 3.71. The SMILES string of the molecule is COc1cncc(C(NC(=O)c2ccn(C)c(=O)c2)C2CC(O)C2)c1. The van der Waals surface area contributed by atoms with Gasteiger partial charge in [-0.2, -0.15) is 0 Å². The highest BCUT2D eigenvalue weighted by molar-refractivity contribution is 5.94. The summed E-state index contributed by atoms with van der Waals surface area (Å²) < 4.78 is 6.61. The predicted molar refractivity (Wildman–Crippen MR) is 91.4 cm³/mol. The lowest BCUT2D eigenvalue weighted by Gasteiger charge is -2.38. The fourth-order valence-corrected chi connectivity index (χ4v) is 3.01. The van der Waals surface area contributed by atoms with E-state index in [0.29, 0.717) is 24.2 Å². The fourth-order valence-electron chi connectivity index (χ4n) is 3.01. The molecule has 1 unspecified atom stereocenters. The second-order valence-electron chi connectivity index (χ2n) is 6.36. The van der Waals surface area contributed by atoms with Crippen LogP contribution in [0.3, 0.4) is 0 Å². The molecule has 1 atom stereocenters. The molecule has 1 amide bonds. The number of hydrogen-bond donors (Lipinski definition) is 2. The third-order valence-electron chi connectivity index (χ3n) is 4.60. The van der Waals surface area contributed by atoms with E-state index in [1.807, 2.05) is 6.07 Å². The summed E-state index contributed by atoms with van der Waals surface area (Å²) in [6, 6.07) is 4.44. The van der Waals surface area contributed by atoms with Crippen LogP contribution in [-0.2, 0) is 7.05 Å². The molecule has 2 N–H and O–H groups in total. The van der Waals surface area contributed by atoms with Gasteiger partial charge in [-0.1, -0.05) is 0 Å². The summed E-state index contributed by atoms with van der Waals surface area (Å²) in [5, 5.41) is 12.6. The predicted octanol–water partition coefficient (Wildman–Crippen LogP) is 1.03. The molecule has 7 nitrogen and oxygen atoms in total. The lowest BCUT2D eigenvalue weighted by atomic mass is 9.75. The van der Waals surface area contributed by atoms with Gasteiger partial charge >= 0.3 is 0 Å². The number of nitrogens with one attached hydrogen (secondary N) is 1. The van der Waals surface area contributed by atoms with Crippen LogP contribution in [0.5, 0.6) is 5.75 Å². The number of ether oxygens (including phenoxy) is 1. The standard InChI is InChI=1S/C18H21N3O4/c1-21-4-3-11(8-16(21)23)18(24)20-17(12-5-14(22)6-12)13-7-15(25-2)10-19-9-13/h3-4,7-10,12,14,17,22H,5-6H2,1-2H3,(H,20,24). The van der Waals surface area contributed by atoms with Gasteiger partial charge < -0.3 is 19.7 Å². The first-order chi connectivity index (χ1) is 12.0. The van der Waals surface area contributed by atoms with E-state index in [9.17, 15) is 14.7 Å². The molecule has 1 fully saturated rings. The van der Waals surface area contributed by atoms with Crippen molar-refractivity contribution in [3.05, 3.63) is 58.3 Å². The maximum absolute atomic E-state index is 12.6. The van der Waals surface area contributed by atoms with E-state index in [1.165, 1.54) is 10.6 Å². The van der Waals surface area contributed by atoms with Crippen molar-refractivity contribution < 1.29 is 14.6 Å². The van der Waals surface area contributed by atoms with Crippen LogP contribution >= 0.6 is 0 Å². The van der Waals surface area contributed by atoms with Crippen molar-refractivity contribution in [3.8, 4) is 5.75 Å². The van der Waals surface area contributed by atoms with E-state index < -0.39 is 0 Å². The van der Waals surface area contributed by atoms with Crippen LogP contribution in [0.4, 0.5) is 0 Å². The minimum Gasteiger partial charge on any atom is -0.495 e. The number of pyridine rings is 2. The van der Waals surface area contributed by atoms with Crippen molar-refractivity contribution in [3.63, 3.8) is 0 Å². The van der Waals surface area contributed by atoms with Crippen molar-refractivity contribution in [2.45, 2.75) is 25.0 Å². The quantitative estimate of drug-likeness (QED) is 0.846. The van der Waals surface area contributed by atoms with Gasteiger partial charge in [-0.25, -0.2) is 0 Å². The van der Waals surface area contributed by atoms with Crippen LogP contribution in [0.1, 0.15) is 34.8 Å². The number of methoxy groups -OCH3 is 1. The van der Waals surface area contributed by atoms with Crippen molar-refractivity contribution in [2.75, 3.05) is 7.11 Å². The monoisotopic (exact) mass is 343 g/mol. The number of aromatic nitrogens is 2. The van der Waals surface area contributed by atoms with E-state index in [-0.39, 0.29) is 29.5 Å². The molecule has 2 aromatic rings. The number of carbonyl (C=O) groups is 1. The van der Waals surface area contributed by atoms with Gasteiger partial charge in [0, 0.05) is 31.1 Å². The molecule has 1 aliphatic carbocycles. The Bertz CT molecular complexity index is 827. The zero-order chi connectivity index (χ0) is 18.0. The van der Waals surface area contributed by atoms with Gasteiger partial charge in [-0.3, -0.25) is 14.6 Å². The van der Waals surface area contributed by atoms with Gasteiger partial charge in [0.1, 0.15) is 5.75 Å². The average molecular weight is 343 g/mol. The van der Waals surface area contributed by atoms with Crippen molar-refractivity contribution in [1.29, 1.82) is 0 Å². The number of amides is 1. The van der Waals surface area contributed by atoms with Crippen LogP contribution in [0, 0.1) is 5.92 Å². The first kappa shape index (κ1) is 17.2. The van der Waals surface area contributed by atoms with Crippen LogP contribution < -0.4 is 15.6 Å². The number of hydrogen-bond acceptors (Lipinski definition) is 5. The van der Waals surface area contributed by atoms with Gasteiger partial charge in [0.05, 0.1) is 25.5 Å². The average Bonchev–Trinajstić information content (AvgIpc) is 2.59. The maximum atomic E-state index is 12.6. The first-order valence-corrected chi connectivity index (χ1v) is 8.12. The molecule has 25 heavy (non-hydrogen) atoms. The largest absolute Gasteiger partial charge is 0.495 e. The summed E-state index contributed by atoms with van der Waals surface area (Å²) in [4.78, 5) is 28.5. The molecule has 0 saturated heterocycles. The molecule has 0 aliphatic heterocycles. The van der Waals surface area contributed by atoms with E-state index in [4.69, 9.17) is 4.74 Å². The Kier molecular flexibility index (Phi) is 4.85. The molecule has 2 aromatic heterocycles. The molecular weight excluding hydrogens is 322 g/mol. The van der Waals surface area contributed by atoms with E-state index >= 15 is 0 Å². The van der Waals surface area contributed by atoms with Gasteiger partial charge in [0.2, 0.25) is 0 Å². The summed E-state index contributed by atoms with van der Waals surface area (Å²) >= 11 is 0. The first-order valence-electron chi connectivity index (χ1n) is 8.12. The lowest BCUT2D eigenvalue weighted by Crippen LogP contribution is -2.41. The Morgan fingerprint density at radius 3 is 2.80 bits per heavy atom. The summed E-state index contributed by atoms with van der Waals surface area (Å²) in [6.07, 6.45) is 5.72. The lowest BCUT2D eigenvalue weighted by molar-refractivity contribution is 0.0234. The second kappa shape index (κ2) is 7.06. The molecule has 1 saturated carbocycles. The van der Waals surface area contributed by atoms with E-state index in [1.54, 1.807) is 38.8 Å². The zero-order valence-electron chi connectivity index (χ0n) is 14.2.